The first-order chi connectivity index (χ1) is 12.2. The van der Waals surface area contributed by atoms with Crippen LogP contribution in [0.3, 0.4) is 0 Å². The fourth-order valence-electron chi connectivity index (χ4n) is 3.08. The smallest absolute Gasteiger partial charge is 0.161 e. The lowest BCUT2D eigenvalue weighted by Crippen LogP contribution is -1.97. The Balaban J connectivity index is 1.81. The van der Waals surface area contributed by atoms with E-state index in [1.54, 1.807) is 6.07 Å². The van der Waals surface area contributed by atoms with Crippen LogP contribution in [0.2, 0.25) is 0 Å². The topological polar surface area (TPSA) is 49.7 Å². The molecule has 0 spiro atoms. The molecule has 0 aliphatic heterocycles. The van der Waals surface area contributed by atoms with Crippen molar-refractivity contribution in [3.05, 3.63) is 18.2 Å². The molecule has 0 heterocycles. The molecular formula is C22H38O3. The summed E-state index contributed by atoms with van der Waals surface area (Å²) in [6.07, 6.45) is 18.9. The Labute approximate surface area is 154 Å². The van der Waals surface area contributed by atoms with Crippen molar-refractivity contribution >= 4 is 0 Å². The minimum absolute atomic E-state index is 0.108. The molecule has 0 aromatic heterocycles. The van der Waals surface area contributed by atoms with Gasteiger partial charge in [0.15, 0.2) is 11.5 Å². The highest BCUT2D eigenvalue weighted by atomic mass is 16.5. The predicted molar refractivity (Wildman–Crippen MR) is 106 cm³/mol. The number of aromatic hydroxyl groups is 2. The van der Waals surface area contributed by atoms with Gasteiger partial charge in [0.25, 0.3) is 0 Å². The summed E-state index contributed by atoms with van der Waals surface area (Å²) in [6, 6.07) is 4.59. The lowest BCUT2D eigenvalue weighted by atomic mass is 10.0. The van der Waals surface area contributed by atoms with Crippen molar-refractivity contribution in [3.8, 4) is 17.2 Å². The first kappa shape index (κ1) is 21.7. The van der Waals surface area contributed by atoms with E-state index in [4.69, 9.17) is 4.74 Å². The summed E-state index contributed by atoms with van der Waals surface area (Å²) in [7, 11) is 0. The van der Waals surface area contributed by atoms with Gasteiger partial charge in [0.1, 0.15) is 5.75 Å². The summed E-state index contributed by atoms with van der Waals surface area (Å²) in [5, 5.41) is 18.6. The van der Waals surface area contributed by atoms with Gasteiger partial charge in [-0.15, -0.1) is 0 Å². The van der Waals surface area contributed by atoms with E-state index >= 15 is 0 Å². The van der Waals surface area contributed by atoms with Crippen LogP contribution in [0.25, 0.3) is 0 Å². The van der Waals surface area contributed by atoms with Crippen molar-refractivity contribution in [1.29, 1.82) is 0 Å². The van der Waals surface area contributed by atoms with Gasteiger partial charge in [-0.3, -0.25) is 0 Å². The van der Waals surface area contributed by atoms with Crippen LogP contribution in [0.15, 0.2) is 18.2 Å². The van der Waals surface area contributed by atoms with Crippen molar-refractivity contribution in [2.24, 2.45) is 0 Å². The summed E-state index contributed by atoms with van der Waals surface area (Å²) in [4.78, 5) is 0. The zero-order chi connectivity index (χ0) is 18.2. The summed E-state index contributed by atoms with van der Waals surface area (Å²) < 4.78 is 5.58. The van der Waals surface area contributed by atoms with E-state index in [0.717, 1.165) is 6.42 Å². The molecule has 3 heteroatoms. The van der Waals surface area contributed by atoms with E-state index < -0.39 is 0 Å². The summed E-state index contributed by atoms with van der Waals surface area (Å²) in [5.41, 5.74) is 0. The van der Waals surface area contributed by atoms with Gasteiger partial charge < -0.3 is 14.9 Å². The monoisotopic (exact) mass is 350 g/mol. The molecule has 3 nitrogen and oxygen atoms in total. The third-order valence-corrected chi connectivity index (χ3v) is 4.71. The van der Waals surface area contributed by atoms with Gasteiger partial charge in [-0.1, -0.05) is 90.4 Å². The SMILES string of the molecule is CCCCCCCCCCCCCCCCOc1ccc(O)c(O)c1. The third-order valence-electron chi connectivity index (χ3n) is 4.71. The minimum Gasteiger partial charge on any atom is -0.504 e. The first-order valence-electron chi connectivity index (χ1n) is 10.4. The zero-order valence-electron chi connectivity index (χ0n) is 16.1. The van der Waals surface area contributed by atoms with Gasteiger partial charge in [0.2, 0.25) is 0 Å². The van der Waals surface area contributed by atoms with Crippen LogP contribution < -0.4 is 4.74 Å². The second kappa shape index (κ2) is 14.9. The molecular weight excluding hydrogens is 312 g/mol. The van der Waals surface area contributed by atoms with Crippen molar-refractivity contribution in [2.45, 2.75) is 96.8 Å². The fourth-order valence-corrected chi connectivity index (χ4v) is 3.08. The van der Waals surface area contributed by atoms with Gasteiger partial charge in [-0.2, -0.15) is 0 Å². The van der Waals surface area contributed by atoms with Gasteiger partial charge >= 0.3 is 0 Å². The van der Waals surface area contributed by atoms with Gasteiger partial charge in [-0.25, -0.2) is 0 Å². The number of rotatable bonds is 16. The lowest BCUT2D eigenvalue weighted by molar-refractivity contribution is 0.301. The molecule has 0 fully saturated rings. The van der Waals surface area contributed by atoms with Crippen LogP contribution in [0, 0.1) is 0 Å². The lowest BCUT2D eigenvalue weighted by Gasteiger charge is -2.07. The molecule has 1 aromatic rings. The van der Waals surface area contributed by atoms with E-state index in [1.807, 2.05) is 0 Å². The highest BCUT2D eigenvalue weighted by Crippen LogP contribution is 2.28. The molecule has 0 aliphatic rings. The molecule has 144 valence electrons. The van der Waals surface area contributed by atoms with Crippen molar-refractivity contribution in [2.75, 3.05) is 6.61 Å². The molecule has 1 aromatic carbocycles. The van der Waals surface area contributed by atoms with E-state index in [-0.39, 0.29) is 11.5 Å². The van der Waals surface area contributed by atoms with E-state index in [9.17, 15) is 10.2 Å². The Kier molecular flexibility index (Phi) is 12.9. The Morgan fingerprint density at radius 1 is 0.640 bits per heavy atom. The zero-order valence-corrected chi connectivity index (χ0v) is 16.1. The summed E-state index contributed by atoms with van der Waals surface area (Å²) in [5.74, 6) is 0.382. The normalized spacial score (nSPS) is 10.9. The molecule has 0 amide bonds. The number of unbranched alkanes of at least 4 members (excludes halogenated alkanes) is 13. The minimum atomic E-state index is -0.126. The number of hydrogen-bond donors (Lipinski definition) is 2. The maximum absolute atomic E-state index is 9.40. The summed E-state index contributed by atoms with van der Waals surface area (Å²) in [6.45, 7) is 2.94. The van der Waals surface area contributed by atoms with Crippen LogP contribution in [0.1, 0.15) is 96.8 Å². The van der Waals surface area contributed by atoms with E-state index in [1.165, 1.54) is 95.6 Å². The molecule has 25 heavy (non-hydrogen) atoms. The van der Waals surface area contributed by atoms with Crippen LogP contribution in [0.5, 0.6) is 17.2 Å². The van der Waals surface area contributed by atoms with E-state index in [2.05, 4.69) is 6.92 Å². The number of phenolic OH excluding ortho intramolecular Hbond substituents is 2. The van der Waals surface area contributed by atoms with Crippen molar-refractivity contribution in [3.63, 3.8) is 0 Å². The van der Waals surface area contributed by atoms with Crippen LogP contribution in [0.4, 0.5) is 0 Å². The molecule has 2 N–H and O–H groups in total. The second-order valence-electron chi connectivity index (χ2n) is 7.10. The molecule has 0 unspecified atom stereocenters. The second-order valence-corrected chi connectivity index (χ2v) is 7.10. The standard InChI is InChI=1S/C22H38O3/c1-2-3-4-5-6-7-8-9-10-11-12-13-14-15-18-25-20-16-17-21(23)22(24)19-20/h16-17,19,23-24H,2-15,18H2,1H3. The Hall–Kier alpha value is -1.38. The number of phenols is 2. The maximum Gasteiger partial charge on any atom is 0.161 e. The van der Waals surface area contributed by atoms with Crippen LogP contribution >= 0.6 is 0 Å². The Morgan fingerprint density at radius 3 is 1.60 bits per heavy atom. The van der Waals surface area contributed by atoms with Crippen molar-refractivity contribution in [1.82, 2.24) is 0 Å². The number of hydrogen-bond acceptors (Lipinski definition) is 3. The van der Waals surface area contributed by atoms with Gasteiger partial charge in [-0.05, 0) is 18.6 Å². The molecule has 1 rings (SSSR count). The average molecular weight is 351 g/mol. The Bertz CT molecular complexity index is 431. The highest BCUT2D eigenvalue weighted by Gasteiger charge is 2.01. The third kappa shape index (κ3) is 11.7. The number of ether oxygens (including phenoxy) is 1. The van der Waals surface area contributed by atoms with Crippen LogP contribution in [-0.2, 0) is 0 Å². The van der Waals surface area contributed by atoms with Crippen LogP contribution in [-0.4, -0.2) is 16.8 Å². The molecule has 0 saturated heterocycles. The molecule has 0 bridgehead atoms. The summed E-state index contributed by atoms with van der Waals surface area (Å²) >= 11 is 0. The Morgan fingerprint density at radius 2 is 1.12 bits per heavy atom. The van der Waals surface area contributed by atoms with E-state index in [0.29, 0.717) is 12.4 Å². The molecule has 0 radical (unpaired) electrons. The first-order valence-corrected chi connectivity index (χ1v) is 10.4. The van der Waals surface area contributed by atoms with Gasteiger partial charge in [0.05, 0.1) is 6.61 Å². The highest BCUT2D eigenvalue weighted by molar-refractivity contribution is 5.43. The quantitative estimate of drug-likeness (QED) is 0.250. The maximum atomic E-state index is 9.40. The molecule has 0 atom stereocenters. The molecule has 0 saturated carbocycles. The fraction of sp³-hybridized carbons (Fsp3) is 0.727. The largest absolute Gasteiger partial charge is 0.504 e. The number of benzene rings is 1. The van der Waals surface area contributed by atoms with Crippen molar-refractivity contribution < 1.29 is 14.9 Å². The van der Waals surface area contributed by atoms with Gasteiger partial charge in [0, 0.05) is 6.07 Å². The molecule has 0 aliphatic carbocycles. The predicted octanol–water partition coefficient (Wildman–Crippen LogP) is 6.96. The average Bonchev–Trinajstić information content (AvgIpc) is 2.61.